The Balaban J connectivity index is 4.42. The highest BCUT2D eigenvalue weighted by Crippen LogP contribution is 2.21. The lowest BCUT2D eigenvalue weighted by atomic mass is 9.94. The van der Waals surface area contributed by atoms with Gasteiger partial charge in [0.2, 0.25) is 5.91 Å². The van der Waals surface area contributed by atoms with Crippen molar-refractivity contribution >= 4 is 17.5 Å². The number of carbonyl (C=O) groups is 1. The van der Waals surface area contributed by atoms with Crippen molar-refractivity contribution in [1.29, 1.82) is 0 Å². The molecule has 0 fully saturated rings. The van der Waals surface area contributed by atoms with E-state index < -0.39 is 5.41 Å². The average molecular weight is 248 g/mol. The van der Waals surface area contributed by atoms with Crippen LogP contribution in [0.4, 0.5) is 0 Å². The summed E-state index contributed by atoms with van der Waals surface area (Å²) in [5, 5.41) is 0. The number of amides is 1. The molecule has 3 heteroatoms. The van der Waals surface area contributed by atoms with E-state index in [4.69, 9.17) is 11.6 Å². The summed E-state index contributed by atoms with van der Waals surface area (Å²) in [5.41, 5.74) is -0.428. The first-order valence-electron chi connectivity index (χ1n) is 6.35. The van der Waals surface area contributed by atoms with Crippen molar-refractivity contribution in [2.24, 2.45) is 5.41 Å². The molecule has 0 N–H and O–H groups in total. The van der Waals surface area contributed by atoms with Crippen LogP contribution in [0.5, 0.6) is 0 Å². The fourth-order valence-electron chi connectivity index (χ4n) is 1.50. The van der Waals surface area contributed by atoms with Gasteiger partial charge in [-0.2, -0.15) is 0 Å². The van der Waals surface area contributed by atoms with Crippen molar-refractivity contribution in [3.05, 3.63) is 0 Å². The molecule has 2 nitrogen and oxygen atoms in total. The van der Waals surface area contributed by atoms with E-state index in [1.807, 2.05) is 18.7 Å². The van der Waals surface area contributed by atoms with E-state index in [1.165, 1.54) is 0 Å². The highest BCUT2D eigenvalue weighted by molar-refractivity contribution is 6.19. The van der Waals surface area contributed by atoms with E-state index in [2.05, 4.69) is 13.8 Å². The van der Waals surface area contributed by atoms with Gasteiger partial charge >= 0.3 is 0 Å². The van der Waals surface area contributed by atoms with E-state index in [9.17, 15) is 4.79 Å². The van der Waals surface area contributed by atoms with Gasteiger partial charge < -0.3 is 4.90 Å². The summed E-state index contributed by atoms with van der Waals surface area (Å²) in [5.74, 6) is 0.588. The molecule has 0 aliphatic heterocycles. The average Bonchev–Trinajstić information content (AvgIpc) is 2.28. The highest BCUT2D eigenvalue weighted by atomic mass is 35.5. The standard InChI is InChI=1S/C13H26ClNO/c1-5-7-9-15(10-8-6-2)12(16)13(3,4)11-14/h5-11H2,1-4H3. The van der Waals surface area contributed by atoms with Gasteiger partial charge in [-0.05, 0) is 26.7 Å². The summed E-state index contributed by atoms with van der Waals surface area (Å²) < 4.78 is 0. The van der Waals surface area contributed by atoms with Crippen molar-refractivity contribution in [3.8, 4) is 0 Å². The molecule has 0 spiro atoms. The number of nitrogens with zero attached hydrogens (tertiary/aromatic N) is 1. The second-order valence-corrected chi connectivity index (χ2v) is 5.28. The maximum atomic E-state index is 12.2. The van der Waals surface area contributed by atoms with Crippen LogP contribution < -0.4 is 0 Å². The number of carbonyl (C=O) groups excluding carboxylic acids is 1. The van der Waals surface area contributed by atoms with E-state index in [-0.39, 0.29) is 5.91 Å². The molecule has 0 heterocycles. The monoisotopic (exact) mass is 247 g/mol. The number of halogens is 1. The van der Waals surface area contributed by atoms with Crippen LogP contribution in [0.2, 0.25) is 0 Å². The first-order valence-corrected chi connectivity index (χ1v) is 6.88. The fourth-order valence-corrected chi connectivity index (χ4v) is 1.61. The molecule has 0 unspecified atom stereocenters. The van der Waals surface area contributed by atoms with Gasteiger partial charge in [0.15, 0.2) is 0 Å². The van der Waals surface area contributed by atoms with Crippen molar-refractivity contribution in [2.75, 3.05) is 19.0 Å². The molecule has 0 radical (unpaired) electrons. The quantitative estimate of drug-likeness (QED) is 0.600. The molecule has 0 saturated heterocycles. The van der Waals surface area contributed by atoms with E-state index in [0.29, 0.717) is 5.88 Å². The first-order chi connectivity index (χ1) is 7.49. The zero-order valence-electron chi connectivity index (χ0n) is 11.2. The van der Waals surface area contributed by atoms with Gasteiger partial charge in [0.25, 0.3) is 0 Å². The minimum absolute atomic E-state index is 0.199. The third kappa shape index (κ3) is 5.20. The zero-order valence-corrected chi connectivity index (χ0v) is 11.9. The summed E-state index contributed by atoms with van der Waals surface area (Å²) >= 11 is 5.85. The van der Waals surface area contributed by atoms with Crippen molar-refractivity contribution in [2.45, 2.75) is 53.4 Å². The van der Waals surface area contributed by atoms with E-state index >= 15 is 0 Å². The molecule has 0 aromatic carbocycles. The second kappa shape index (κ2) is 7.94. The normalized spacial score (nSPS) is 11.6. The predicted octanol–water partition coefficient (Wildman–Crippen LogP) is 3.68. The smallest absolute Gasteiger partial charge is 0.229 e. The third-order valence-electron chi connectivity index (χ3n) is 2.76. The van der Waals surface area contributed by atoms with Gasteiger partial charge in [-0.25, -0.2) is 0 Å². The molecule has 0 aromatic heterocycles. The lowest BCUT2D eigenvalue weighted by molar-refractivity contribution is -0.139. The van der Waals surface area contributed by atoms with Gasteiger partial charge in [-0.1, -0.05) is 26.7 Å². The summed E-state index contributed by atoms with van der Waals surface area (Å²) in [6, 6.07) is 0. The Kier molecular flexibility index (Phi) is 7.82. The Morgan fingerprint density at radius 3 is 1.88 bits per heavy atom. The van der Waals surface area contributed by atoms with Gasteiger partial charge in [0.05, 0.1) is 5.41 Å². The third-order valence-corrected chi connectivity index (χ3v) is 3.43. The molecule has 0 aliphatic rings. The van der Waals surface area contributed by atoms with Gasteiger partial charge in [0.1, 0.15) is 0 Å². The molecule has 1 amide bonds. The molecule has 0 aromatic rings. The molecule has 96 valence electrons. The minimum atomic E-state index is -0.428. The zero-order chi connectivity index (χ0) is 12.6. The topological polar surface area (TPSA) is 20.3 Å². The number of hydrogen-bond donors (Lipinski definition) is 0. The van der Waals surface area contributed by atoms with Crippen LogP contribution >= 0.6 is 11.6 Å². The molecule has 0 bridgehead atoms. The first kappa shape index (κ1) is 15.8. The summed E-state index contributed by atoms with van der Waals surface area (Å²) in [6.45, 7) is 9.89. The van der Waals surface area contributed by atoms with Gasteiger partial charge in [-0.3, -0.25) is 4.79 Å². The van der Waals surface area contributed by atoms with E-state index in [1.54, 1.807) is 0 Å². The van der Waals surface area contributed by atoms with Crippen LogP contribution in [-0.4, -0.2) is 29.8 Å². The SMILES string of the molecule is CCCCN(CCCC)C(=O)C(C)(C)CCl. The maximum Gasteiger partial charge on any atom is 0.229 e. The van der Waals surface area contributed by atoms with Crippen molar-refractivity contribution < 1.29 is 4.79 Å². The highest BCUT2D eigenvalue weighted by Gasteiger charge is 2.30. The van der Waals surface area contributed by atoms with Crippen LogP contribution in [0.25, 0.3) is 0 Å². The molecule has 0 rings (SSSR count). The number of unbranched alkanes of at least 4 members (excludes halogenated alkanes) is 2. The Morgan fingerprint density at radius 2 is 1.56 bits per heavy atom. The van der Waals surface area contributed by atoms with Gasteiger partial charge in [0, 0.05) is 19.0 Å². The molecule has 0 aliphatic carbocycles. The Bertz CT molecular complexity index is 196. The molecule has 16 heavy (non-hydrogen) atoms. The largest absolute Gasteiger partial charge is 0.342 e. The van der Waals surface area contributed by atoms with Crippen LogP contribution in [0.15, 0.2) is 0 Å². The van der Waals surface area contributed by atoms with E-state index in [0.717, 1.165) is 38.8 Å². The van der Waals surface area contributed by atoms with Gasteiger partial charge in [-0.15, -0.1) is 11.6 Å². The molecular formula is C13H26ClNO. The second-order valence-electron chi connectivity index (χ2n) is 5.02. The molecule has 0 saturated carbocycles. The van der Waals surface area contributed by atoms with Crippen LogP contribution in [0.3, 0.4) is 0 Å². The number of alkyl halides is 1. The lowest BCUT2D eigenvalue weighted by Crippen LogP contribution is -2.42. The summed E-state index contributed by atoms with van der Waals surface area (Å²) in [6.07, 6.45) is 4.40. The molecule has 0 atom stereocenters. The number of rotatable bonds is 8. The predicted molar refractivity (Wildman–Crippen MR) is 70.9 cm³/mol. The molecular weight excluding hydrogens is 222 g/mol. The lowest BCUT2D eigenvalue weighted by Gasteiger charge is -2.30. The van der Waals surface area contributed by atoms with Crippen molar-refractivity contribution in [3.63, 3.8) is 0 Å². The maximum absolute atomic E-state index is 12.2. The fraction of sp³-hybridized carbons (Fsp3) is 0.923. The minimum Gasteiger partial charge on any atom is -0.342 e. The summed E-state index contributed by atoms with van der Waals surface area (Å²) in [7, 11) is 0. The van der Waals surface area contributed by atoms with Crippen LogP contribution in [-0.2, 0) is 4.79 Å². The summed E-state index contributed by atoms with van der Waals surface area (Å²) in [4.78, 5) is 14.2. The number of hydrogen-bond acceptors (Lipinski definition) is 1. The van der Waals surface area contributed by atoms with Crippen molar-refractivity contribution in [1.82, 2.24) is 4.90 Å². The Hall–Kier alpha value is -0.240. The Labute approximate surface area is 105 Å². The Morgan fingerprint density at radius 1 is 1.12 bits per heavy atom. The van der Waals surface area contributed by atoms with Crippen LogP contribution in [0, 0.1) is 5.41 Å². The van der Waals surface area contributed by atoms with Crippen LogP contribution in [0.1, 0.15) is 53.4 Å².